The zero-order chi connectivity index (χ0) is 9.68. The van der Waals surface area contributed by atoms with Crippen molar-refractivity contribution in [2.75, 3.05) is 14.2 Å². The van der Waals surface area contributed by atoms with Gasteiger partial charge in [0.25, 0.3) is 0 Å². The smallest absolute Gasteiger partial charge is 0.0849 e. The molecule has 0 saturated carbocycles. The van der Waals surface area contributed by atoms with Crippen molar-refractivity contribution in [1.82, 2.24) is 5.23 Å². The summed E-state index contributed by atoms with van der Waals surface area (Å²) < 4.78 is 0. The molecule has 0 radical (unpaired) electrons. The van der Waals surface area contributed by atoms with Gasteiger partial charge in [-0.15, -0.1) is 0 Å². The van der Waals surface area contributed by atoms with Gasteiger partial charge in [0, 0.05) is 0 Å². The molecule has 0 heterocycles. The molecule has 0 unspecified atom stereocenters. The molecule has 0 saturated heterocycles. The summed E-state index contributed by atoms with van der Waals surface area (Å²) >= 11 is 0. The normalized spacial score (nSPS) is 13.2. The molecule has 1 rings (SSSR count). The van der Waals surface area contributed by atoms with Crippen LogP contribution in [-0.4, -0.2) is 19.4 Å². The predicted octanol–water partition coefficient (Wildman–Crippen LogP) is 2.17. The maximum Gasteiger partial charge on any atom is 0.0849 e. The van der Waals surface area contributed by atoms with Gasteiger partial charge in [0.1, 0.15) is 0 Å². The lowest BCUT2D eigenvalue weighted by molar-refractivity contribution is -0.364. The van der Waals surface area contributed by atoms with Gasteiger partial charge in [-0.3, -0.25) is 9.68 Å². The van der Waals surface area contributed by atoms with Crippen molar-refractivity contribution in [3.63, 3.8) is 0 Å². The van der Waals surface area contributed by atoms with E-state index in [1.165, 1.54) is 5.23 Å². The standard InChI is InChI=1S/C10H15NO2/c1-9(11(12-2)13-3)10-7-5-4-6-8-10/h4-9H,1-3H3/t9-/m0/s1. The molecule has 1 aromatic rings. The number of benzene rings is 1. The van der Waals surface area contributed by atoms with Crippen LogP contribution in [0.15, 0.2) is 30.3 Å². The van der Waals surface area contributed by atoms with Crippen molar-refractivity contribution in [3.8, 4) is 0 Å². The number of hydroxylamine groups is 2. The van der Waals surface area contributed by atoms with Crippen molar-refractivity contribution in [2.45, 2.75) is 13.0 Å². The molecule has 13 heavy (non-hydrogen) atoms. The molecule has 0 aromatic heterocycles. The quantitative estimate of drug-likeness (QED) is 0.664. The van der Waals surface area contributed by atoms with Crippen LogP contribution in [0.5, 0.6) is 0 Å². The Bertz CT molecular complexity index is 234. The zero-order valence-corrected chi connectivity index (χ0v) is 8.23. The van der Waals surface area contributed by atoms with E-state index in [0.29, 0.717) is 0 Å². The summed E-state index contributed by atoms with van der Waals surface area (Å²) in [5, 5.41) is 1.45. The molecule has 0 bridgehead atoms. The SMILES string of the molecule is CON(OC)[C@@H](C)c1ccccc1. The molecule has 0 aliphatic carbocycles. The Labute approximate surface area is 78.8 Å². The van der Waals surface area contributed by atoms with E-state index < -0.39 is 0 Å². The van der Waals surface area contributed by atoms with Crippen molar-refractivity contribution < 1.29 is 9.68 Å². The van der Waals surface area contributed by atoms with Gasteiger partial charge < -0.3 is 0 Å². The van der Waals surface area contributed by atoms with Crippen LogP contribution in [0, 0.1) is 0 Å². The summed E-state index contributed by atoms with van der Waals surface area (Å²) in [6.07, 6.45) is 0. The maximum atomic E-state index is 5.03. The molecule has 3 heteroatoms. The summed E-state index contributed by atoms with van der Waals surface area (Å²) in [4.78, 5) is 10.1. The summed E-state index contributed by atoms with van der Waals surface area (Å²) in [5.41, 5.74) is 1.16. The van der Waals surface area contributed by atoms with Gasteiger partial charge in [-0.1, -0.05) is 35.6 Å². The summed E-state index contributed by atoms with van der Waals surface area (Å²) in [5.74, 6) is 0. The van der Waals surface area contributed by atoms with Gasteiger partial charge in [-0.2, -0.15) is 0 Å². The fourth-order valence-corrected chi connectivity index (χ4v) is 1.24. The molecular formula is C10H15NO2. The minimum atomic E-state index is 0.0937. The van der Waals surface area contributed by atoms with Crippen LogP contribution >= 0.6 is 0 Å². The van der Waals surface area contributed by atoms with E-state index >= 15 is 0 Å². The van der Waals surface area contributed by atoms with Crippen molar-refractivity contribution in [1.29, 1.82) is 0 Å². The lowest BCUT2D eigenvalue weighted by atomic mass is 10.1. The number of hydrogen-bond acceptors (Lipinski definition) is 3. The van der Waals surface area contributed by atoms with Gasteiger partial charge >= 0.3 is 0 Å². The maximum absolute atomic E-state index is 5.03. The Morgan fingerprint density at radius 2 is 1.62 bits per heavy atom. The van der Waals surface area contributed by atoms with E-state index in [2.05, 4.69) is 0 Å². The first-order valence-electron chi connectivity index (χ1n) is 4.22. The lowest BCUT2D eigenvalue weighted by Gasteiger charge is -2.23. The monoisotopic (exact) mass is 181 g/mol. The molecule has 3 nitrogen and oxygen atoms in total. The lowest BCUT2D eigenvalue weighted by Crippen LogP contribution is -2.24. The topological polar surface area (TPSA) is 21.7 Å². The van der Waals surface area contributed by atoms with Gasteiger partial charge in [0.05, 0.1) is 20.3 Å². The summed E-state index contributed by atoms with van der Waals surface area (Å²) in [7, 11) is 3.17. The summed E-state index contributed by atoms with van der Waals surface area (Å²) in [6.45, 7) is 2.02. The molecule has 0 amide bonds. The van der Waals surface area contributed by atoms with E-state index in [-0.39, 0.29) is 6.04 Å². The average molecular weight is 181 g/mol. The van der Waals surface area contributed by atoms with Crippen LogP contribution in [-0.2, 0) is 9.68 Å². The third-order valence-electron chi connectivity index (χ3n) is 1.96. The van der Waals surface area contributed by atoms with Gasteiger partial charge in [-0.05, 0) is 12.5 Å². The second-order valence-electron chi connectivity index (χ2n) is 2.74. The predicted molar refractivity (Wildman–Crippen MR) is 50.7 cm³/mol. The highest BCUT2D eigenvalue weighted by Crippen LogP contribution is 2.18. The summed E-state index contributed by atoms with van der Waals surface area (Å²) in [6, 6.07) is 10.1. The second-order valence-corrected chi connectivity index (χ2v) is 2.74. The minimum absolute atomic E-state index is 0.0937. The Hall–Kier alpha value is -0.900. The molecule has 1 atom stereocenters. The van der Waals surface area contributed by atoms with Crippen LogP contribution in [0.4, 0.5) is 0 Å². The highest BCUT2D eigenvalue weighted by Gasteiger charge is 2.14. The largest absolute Gasteiger partial charge is 0.277 e. The molecule has 0 spiro atoms. The first-order chi connectivity index (χ1) is 6.29. The van der Waals surface area contributed by atoms with Crippen LogP contribution in [0.3, 0.4) is 0 Å². The van der Waals surface area contributed by atoms with Crippen LogP contribution in [0.1, 0.15) is 18.5 Å². The third-order valence-corrected chi connectivity index (χ3v) is 1.96. The molecular weight excluding hydrogens is 166 g/mol. The minimum Gasteiger partial charge on any atom is -0.277 e. The van der Waals surface area contributed by atoms with Crippen LogP contribution in [0.25, 0.3) is 0 Å². The second kappa shape index (κ2) is 4.97. The molecule has 0 aliphatic rings. The third kappa shape index (κ3) is 2.52. The van der Waals surface area contributed by atoms with E-state index in [1.807, 2.05) is 37.3 Å². The highest BCUT2D eigenvalue weighted by atomic mass is 16.9. The Kier molecular flexibility index (Phi) is 3.89. The number of hydrogen-bond donors (Lipinski definition) is 0. The van der Waals surface area contributed by atoms with E-state index in [1.54, 1.807) is 14.2 Å². The Balaban J connectivity index is 2.72. The average Bonchev–Trinajstić information content (AvgIpc) is 2.21. The van der Waals surface area contributed by atoms with Crippen molar-refractivity contribution in [3.05, 3.63) is 35.9 Å². The fourth-order valence-electron chi connectivity index (χ4n) is 1.24. The van der Waals surface area contributed by atoms with Gasteiger partial charge in [0.15, 0.2) is 0 Å². The Morgan fingerprint density at radius 3 is 2.08 bits per heavy atom. The van der Waals surface area contributed by atoms with Crippen molar-refractivity contribution in [2.24, 2.45) is 0 Å². The highest BCUT2D eigenvalue weighted by molar-refractivity contribution is 5.17. The number of rotatable bonds is 4. The van der Waals surface area contributed by atoms with Crippen molar-refractivity contribution >= 4 is 0 Å². The van der Waals surface area contributed by atoms with Crippen LogP contribution in [0.2, 0.25) is 0 Å². The first-order valence-corrected chi connectivity index (χ1v) is 4.22. The molecule has 72 valence electrons. The Morgan fingerprint density at radius 1 is 1.08 bits per heavy atom. The zero-order valence-electron chi connectivity index (χ0n) is 8.23. The molecule has 0 aliphatic heterocycles. The van der Waals surface area contributed by atoms with E-state index in [9.17, 15) is 0 Å². The van der Waals surface area contributed by atoms with E-state index in [4.69, 9.17) is 9.68 Å². The van der Waals surface area contributed by atoms with Crippen LogP contribution < -0.4 is 0 Å². The first kappa shape index (κ1) is 10.2. The van der Waals surface area contributed by atoms with Gasteiger partial charge in [-0.25, -0.2) is 0 Å². The number of nitrogens with zero attached hydrogens (tertiary/aromatic N) is 1. The molecule has 0 N–H and O–H groups in total. The fraction of sp³-hybridized carbons (Fsp3) is 0.400. The molecule has 1 aromatic carbocycles. The molecule has 0 fully saturated rings. The van der Waals surface area contributed by atoms with Gasteiger partial charge in [0.2, 0.25) is 0 Å². The van der Waals surface area contributed by atoms with E-state index in [0.717, 1.165) is 5.56 Å².